The van der Waals surface area contributed by atoms with E-state index in [-0.39, 0.29) is 5.91 Å². The van der Waals surface area contributed by atoms with Crippen molar-refractivity contribution in [3.05, 3.63) is 68.3 Å². The molecule has 0 radical (unpaired) electrons. The van der Waals surface area contributed by atoms with Crippen molar-refractivity contribution in [2.24, 2.45) is 0 Å². The Bertz CT molecular complexity index is 566. The Kier molecular flexibility index (Phi) is 5.86. The van der Waals surface area contributed by atoms with Gasteiger partial charge in [-0.15, -0.1) is 0 Å². The molecule has 0 fully saturated rings. The van der Waals surface area contributed by atoms with Crippen molar-refractivity contribution in [3.63, 3.8) is 0 Å². The molecule has 20 heavy (non-hydrogen) atoms. The second-order valence-electron chi connectivity index (χ2n) is 4.49. The highest BCUT2D eigenvalue weighted by Gasteiger charge is 2.03. The molecule has 1 N–H and O–H groups in total. The third kappa shape index (κ3) is 4.80. The molecule has 1 amide bonds. The van der Waals surface area contributed by atoms with Gasteiger partial charge in [0.25, 0.3) is 5.91 Å². The Hall–Kier alpha value is -1.07. The normalized spacial score (nSPS) is 10.3. The van der Waals surface area contributed by atoms with Gasteiger partial charge in [-0.1, -0.05) is 23.7 Å². The molecule has 2 nitrogen and oxygen atoms in total. The number of hydrogen-bond donors (Lipinski definition) is 1. The molecule has 2 aromatic carbocycles. The molecule has 0 saturated heterocycles. The van der Waals surface area contributed by atoms with E-state index < -0.39 is 0 Å². The Morgan fingerprint density at radius 1 is 1.05 bits per heavy atom. The van der Waals surface area contributed by atoms with Crippen LogP contribution >= 0.6 is 34.2 Å². The number of aryl methyl sites for hydroxylation is 1. The van der Waals surface area contributed by atoms with Crippen molar-refractivity contribution >= 4 is 40.1 Å². The van der Waals surface area contributed by atoms with E-state index in [1.807, 2.05) is 48.5 Å². The number of rotatable bonds is 5. The molecule has 0 aliphatic rings. The van der Waals surface area contributed by atoms with Gasteiger partial charge in [0.05, 0.1) is 0 Å². The van der Waals surface area contributed by atoms with Crippen LogP contribution in [0.5, 0.6) is 0 Å². The van der Waals surface area contributed by atoms with E-state index in [4.69, 9.17) is 11.6 Å². The maximum atomic E-state index is 11.9. The summed E-state index contributed by atoms with van der Waals surface area (Å²) in [5.41, 5.74) is 1.94. The maximum absolute atomic E-state index is 11.9. The van der Waals surface area contributed by atoms with Gasteiger partial charge >= 0.3 is 0 Å². The first-order valence-corrected chi connectivity index (χ1v) is 7.89. The minimum atomic E-state index is -0.0162. The molecule has 2 aromatic rings. The average molecular weight is 400 g/mol. The summed E-state index contributed by atoms with van der Waals surface area (Å²) in [6, 6.07) is 15.4. The fourth-order valence-corrected chi connectivity index (χ4v) is 2.33. The van der Waals surface area contributed by atoms with Crippen molar-refractivity contribution in [1.29, 1.82) is 0 Å². The predicted molar refractivity (Wildman–Crippen MR) is 91.3 cm³/mol. The Morgan fingerprint density at radius 3 is 2.35 bits per heavy atom. The highest BCUT2D eigenvalue weighted by Crippen LogP contribution is 2.11. The molecule has 0 bridgehead atoms. The topological polar surface area (TPSA) is 29.1 Å². The van der Waals surface area contributed by atoms with Crippen molar-refractivity contribution in [3.8, 4) is 0 Å². The molecule has 0 spiro atoms. The van der Waals surface area contributed by atoms with E-state index in [1.165, 1.54) is 5.56 Å². The van der Waals surface area contributed by atoms with Crippen molar-refractivity contribution in [2.75, 3.05) is 6.54 Å². The number of benzene rings is 2. The fourth-order valence-electron chi connectivity index (χ4n) is 1.85. The summed E-state index contributed by atoms with van der Waals surface area (Å²) in [6.07, 6.45) is 1.85. The number of amides is 1. The minimum Gasteiger partial charge on any atom is -0.352 e. The lowest BCUT2D eigenvalue weighted by Crippen LogP contribution is -2.24. The number of hydrogen-bond acceptors (Lipinski definition) is 1. The lowest BCUT2D eigenvalue weighted by molar-refractivity contribution is 0.0953. The van der Waals surface area contributed by atoms with Gasteiger partial charge in [0.1, 0.15) is 0 Å². The molecule has 2 rings (SSSR count). The highest BCUT2D eigenvalue weighted by atomic mass is 127. The Balaban J connectivity index is 1.74. The van der Waals surface area contributed by atoms with Crippen LogP contribution in [0, 0.1) is 3.57 Å². The van der Waals surface area contributed by atoms with Crippen LogP contribution < -0.4 is 5.32 Å². The van der Waals surface area contributed by atoms with Crippen LogP contribution in [0.3, 0.4) is 0 Å². The van der Waals surface area contributed by atoms with E-state index in [9.17, 15) is 4.79 Å². The predicted octanol–water partition coefficient (Wildman–Crippen LogP) is 4.31. The molecule has 4 heteroatoms. The first kappa shape index (κ1) is 15.3. The summed E-state index contributed by atoms with van der Waals surface area (Å²) < 4.78 is 1.13. The highest BCUT2D eigenvalue weighted by molar-refractivity contribution is 14.1. The molecule has 0 saturated carbocycles. The average Bonchev–Trinajstić information content (AvgIpc) is 2.46. The van der Waals surface area contributed by atoms with E-state index in [0.29, 0.717) is 12.1 Å². The Morgan fingerprint density at radius 2 is 1.70 bits per heavy atom. The van der Waals surface area contributed by atoms with Gasteiger partial charge in [-0.05, 0) is 77.4 Å². The molecule has 104 valence electrons. The van der Waals surface area contributed by atoms with Gasteiger partial charge in [-0.3, -0.25) is 4.79 Å². The zero-order chi connectivity index (χ0) is 14.4. The van der Waals surface area contributed by atoms with Gasteiger partial charge in [-0.2, -0.15) is 0 Å². The van der Waals surface area contributed by atoms with Gasteiger partial charge < -0.3 is 5.32 Å². The number of carbonyl (C=O) groups is 1. The SMILES string of the molecule is O=C(NCCCc1ccc(Cl)cc1)c1ccc(I)cc1. The standard InChI is InChI=1S/C16H15ClINO/c17-14-7-3-12(4-8-14)2-1-11-19-16(20)13-5-9-15(18)10-6-13/h3-10H,1-2,11H2,(H,19,20). The summed E-state index contributed by atoms with van der Waals surface area (Å²) in [6.45, 7) is 0.674. The van der Waals surface area contributed by atoms with Crippen LogP contribution in [0.1, 0.15) is 22.3 Å². The van der Waals surface area contributed by atoms with Crippen LogP contribution in [0.2, 0.25) is 5.02 Å². The minimum absolute atomic E-state index is 0.0162. The molecule has 0 heterocycles. The van der Waals surface area contributed by atoms with E-state index in [1.54, 1.807) is 0 Å². The van der Waals surface area contributed by atoms with Gasteiger partial charge in [0, 0.05) is 20.7 Å². The zero-order valence-corrected chi connectivity index (χ0v) is 13.8. The molecule has 0 aliphatic carbocycles. The summed E-state index contributed by atoms with van der Waals surface area (Å²) >= 11 is 8.06. The third-order valence-electron chi connectivity index (χ3n) is 2.95. The van der Waals surface area contributed by atoms with E-state index >= 15 is 0 Å². The van der Waals surface area contributed by atoms with Crippen molar-refractivity contribution < 1.29 is 4.79 Å². The maximum Gasteiger partial charge on any atom is 0.251 e. The van der Waals surface area contributed by atoms with Crippen molar-refractivity contribution in [1.82, 2.24) is 5.32 Å². The third-order valence-corrected chi connectivity index (χ3v) is 3.92. The second-order valence-corrected chi connectivity index (χ2v) is 6.17. The molecule has 0 atom stereocenters. The summed E-state index contributed by atoms with van der Waals surface area (Å²) in [4.78, 5) is 11.9. The van der Waals surface area contributed by atoms with Crippen LogP contribution in [-0.4, -0.2) is 12.5 Å². The first-order valence-electron chi connectivity index (χ1n) is 6.43. The number of carbonyl (C=O) groups excluding carboxylic acids is 1. The molecule has 0 aromatic heterocycles. The van der Waals surface area contributed by atoms with E-state index in [0.717, 1.165) is 21.4 Å². The molecular formula is C16H15ClINO. The van der Waals surface area contributed by atoms with Gasteiger partial charge in [0.15, 0.2) is 0 Å². The van der Waals surface area contributed by atoms with Crippen LogP contribution in [0.15, 0.2) is 48.5 Å². The molecule has 0 aliphatic heterocycles. The van der Waals surface area contributed by atoms with Crippen LogP contribution in [0.4, 0.5) is 0 Å². The number of nitrogens with one attached hydrogen (secondary N) is 1. The first-order chi connectivity index (χ1) is 9.65. The van der Waals surface area contributed by atoms with Crippen LogP contribution in [-0.2, 0) is 6.42 Å². The number of halogens is 2. The lowest BCUT2D eigenvalue weighted by atomic mass is 10.1. The van der Waals surface area contributed by atoms with Gasteiger partial charge in [-0.25, -0.2) is 0 Å². The Labute approximate surface area is 137 Å². The monoisotopic (exact) mass is 399 g/mol. The van der Waals surface area contributed by atoms with Crippen molar-refractivity contribution in [2.45, 2.75) is 12.8 Å². The fraction of sp³-hybridized carbons (Fsp3) is 0.188. The van der Waals surface area contributed by atoms with E-state index in [2.05, 4.69) is 27.9 Å². The lowest BCUT2D eigenvalue weighted by Gasteiger charge is -2.06. The molecular weight excluding hydrogens is 385 g/mol. The largest absolute Gasteiger partial charge is 0.352 e. The summed E-state index contributed by atoms with van der Waals surface area (Å²) in [5.74, 6) is -0.0162. The second kappa shape index (κ2) is 7.64. The molecule has 0 unspecified atom stereocenters. The van der Waals surface area contributed by atoms with Crippen LogP contribution in [0.25, 0.3) is 0 Å². The smallest absolute Gasteiger partial charge is 0.251 e. The van der Waals surface area contributed by atoms with Gasteiger partial charge in [0.2, 0.25) is 0 Å². The zero-order valence-electron chi connectivity index (χ0n) is 10.9. The summed E-state index contributed by atoms with van der Waals surface area (Å²) in [7, 11) is 0. The quantitative estimate of drug-likeness (QED) is 0.589. The summed E-state index contributed by atoms with van der Waals surface area (Å²) in [5, 5.41) is 3.68.